The van der Waals surface area contributed by atoms with E-state index in [-0.39, 0.29) is 5.91 Å². The Morgan fingerprint density at radius 1 is 0.758 bits per heavy atom. The van der Waals surface area contributed by atoms with Crippen LogP contribution in [0.4, 0.5) is 5.69 Å². The van der Waals surface area contributed by atoms with Crippen molar-refractivity contribution in [2.24, 2.45) is 0 Å². The van der Waals surface area contributed by atoms with Crippen molar-refractivity contribution in [2.75, 3.05) is 5.32 Å². The Hall–Kier alpha value is -3.98. The quantitative estimate of drug-likeness (QED) is 0.321. The molecule has 0 radical (unpaired) electrons. The molecule has 162 valence electrons. The Labute approximate surface area is 194 Å². The fourth-order valence-corrected chi connectivity index (χ4v) is 4.62. The van der Waals surface area contributed by atoms with Gasteiger partial charge in [-0.05, 0) is 56.3 Å². The molecule has 0 aliphatic carbocycles. The zero-order chi connectivity index (χ0) is 23.1. The van der Waals surface area contributed by atoms with Crippen molar-refractivity contribution in [1.82, 2.24) is 4.98 Å². The number of carbonyl (C=O) groups is 1. The van der Waals surface area contributed by atoms with Gasteiger partial charge in [0.05, 0.1) is 16.8 Å². The average molecular weight is 431 g/mol. The molecule has 1 aromatic heterocycles. The van der Waals surface area contributed by atoms with Gasteiger partial charge in [0, 0.05) is 22.0 Å². The lowest BCUT2D eigenvalue weighted by Gasteiger charge is -2.17. The van der Waals surface area contributed by atoms with Gasteiger partial charge in [-0.25, -0.2) is 4.98 Å². The molecule has 3 heteroatoms. The summed E-state index contributed by atoms with van der Waals surface area (Å²) in [5.41, 5.74) is 8.47. The summed E-state index contributed by atoms with van der Waals surface area (Å²) >= 11 is 0. The maximum absolute atomic E-state index is 13.8. The average Bonchev–Trinajstić information content (AvgIpc) is 2.79. The van der Waals surface area contributed by atoms with Gasteiger partial charge in [0.1, 0.15) is 0 Å². The molecule has 4 aromatic carbocycles. The van der Waals surface area contributed by atoms with Crippen molar-refractivity contribution in [2.45, 2.75) is 27.7 Å². The first-order valence-electron chi connectivity index (χ1n) is 11.2. The van der Waals surface area contributed by atoms with Crippen LogP contribution in [0.25, 0.3) is 32.9 Å². The highest BCUT2D eigenvalue weighted by Crippen LogP contribution is 2.33. The van der Waals surface area contributed by atoms with E-state index < -0.39 is 0 Å². The van der Waals surface area contributed by atoms with Crippen LogP contribution in [0.2, 0.25) is 0 Å². The van der Waals surface area contributed by atoms with Crippen molar-refractivity contribution in [1.29, 1.82) is 0 Å². The van der Waals surface area contributed by atoms with Gasteiger partial charge in [-0.1, -0.05) is 77.9 Å². The van der Waals surface area contributed by atoms with Gasteiger partial charge in [0.15, 0.2) is 0 Å². The predicted octanol–water partition coefficient (Wildman–Crippen LogP) is 7.54. The summed E-state index contributed by atoms with van der Waals surface area (Å²) in [5.74, 6) is -0.116. The number of pyridine rings is 1. The van der Waals surface area contributed by atoms with E-state index in [9.17, 15) is 4.79 Å². The molecule has 0 aliphatic rings. The van der Waals surface area contributed by atoms with Gasteiger partial charge in [0.25, 0.3) is 5.91 Å². The van der Waals surface area contributed by atoms with Crippen molar-refractivity contribution < 1.29 is 4.79 Å². The van der Waals surface area contributed by atoms with Crippen LogP contribution >= 0.6 is 0 Å². The van der Waals surface area contributed by atoms with Gasteiger partial charge in [-0.3, -0.25) is 4.79 Å². The minimum absolute atomic E-state index is 0.116. The normalized spacial score (nSPS) is 11.2. The Morgan fingerprint density at radius 3 is 2.27 bits per heavy atom. The zero-order valence-corrected chi connectivity index (χ0v) is 19.4. The molecule has 5 aromatic rings. The molecule has 0 spiro atoms. The Morgan fingerprint density at radius 2 is 1.48 bits per heavy atom. The molecule has 5 rings (SSSR count). The summed E-state index contributed by atoms with van der Waals surface area (Å²) in [7, 11) is 0. The van der Waals surface area contributed by atoms with Crippen molar-refractivity contribution in [3.63, 3.8) is 0 Å². The Bertz CT molecular complexity index is 1530. The molecule has 0 atom stereocenters. The Kier molecular flexibility index (Phi) is 5.18. The second kappa shape index (κ2) is 8.18. The minimum atomic E-state index is -0.116. The molecular formula is C30H26N2O. The first-order chi connectivity index (χ1) is 15.9. The maximum atomic E-state index is 13.8. The monoisotopic (exact) mass is 430 g/mol. The van der Waals surface area contributed by atoms with Gasteiger partial charge in [-0.15, -0.1) is 0 Å². The number of nitrogens with one attached hydrogen (secondary N) is 1. The van der Waals surface area contributed by atoms with E-state index in [0.29, 0.717) is 5.56 Å². The van der Waals surface area contributed by atoms with E-state index in [2.05, 4.69) is 74.6 Å². The molecule has 1 amide bonds. The topological polar surface area (TPSA) is 42.0 Å². The molecule has 33 heavy (non-hydrogen) atoms. The van der Waals surface area contributed by atoms with E-state index in [1.807, 2.05) is 37.3 Å². The van der Waals surface area contributed by atoms with Crippen molar-refractivity contribution in [3.05, 3.63) is 107 Å². The molecule has 0 bridgehead atoms. The van der Waals surface area contributed by atoms with Gasteiger partial charge in [0.2, 0.25) is 0 Å². The van der Waals surface area contributed by atoms with Crippen LogP contribution in [0.1, 0.15) is 32.6 Å². The second-order valence-electron chi connectivity index (χ2n) is 8.79. The van der Waals surface area contributed by atoms with Crippen LogP contribution in [0.15, 0.2) is 78.9 Å². The first-order valence-corrected chi connectivity index (χ1v) is 11.2. The van der Waals surface area contributed by atoms with E-state index in [1.54, 1.807) is 0 Å². The number of aromatic nitrogens is 1. The van der Waals surface area contributed by atoms with Crippen LogP contribution in [-0.4, -0.2) is 10.9 Å². The highest BCUT2D eigenvalue weighted by atomic mass is 16.1. The molecule has 0 aliphatic heterocycles. The highest BCUT2D eigenvalue weighted by molar-refractivity contribution is 6.17. The van der Waals surface area contributed by atoms with Crippen LogP contribution in [0.5, 0.6) is 0 Å². The molecule has 1 heterocycles. The fourth-order valence-electron chi connectivity index (χ4n) is 4.62. The fraction of sp³-hybridized carbons (Fsp3) is 0.133. The first kappa shape index (κ1) is 20.9. The van der Waals surface area contributed by atoms with E-state index >= 15 is 0 Å². The number of hydrogen-bond acceptors (Lipinski definition) is 2. The van der Waals surface area contributed by atoms with Crippen LogP contribution in [0.3, 0.4) is 0 Å². The number of anilines is 1. The van der Waals surface area contributed by atoms with Gasteiger partial charge >= 0.3 is 0 Å². The molecular weight excluding hydrogens is 404 g/mol. The number of benzene rings is 4. The number of hydrogen-bond donors (Lipinski definition) is 1. The summed E-state index contributed by atoms with van der Waals surface area (Å²) in [6, 6.07) is 26.6. The Balaban J connectivity index is 1.72. The van der Waals surface area contributed by atoms with E-state index in [4.69, 9.17) is 4.98 Å². The molecule has 3 nitrogen and oxygen atoms in total. The molecule has 0 saturated heterocycles. The third kappa shape index (κ3) is 3.76. The number of aryl methyl sites for hydroxylation is 3. The predicted molar refractivity (Wildman–Crippen MR) is 138 cm³/mol. The zero-order valence-electron chi connectivity index (χ0n) is 19.4. The smallest absolute Gasteiger partial charge is 0.256 e. The standard InChI is InChI=1S/C30H26N2O/c1-18-12-14-23(15-13-18)29-21(4)27(25-17-19(2)16-20(3)28(25)32-29)30(33)31-26-11-7-9-22-8-5-6-10-24(22)26/h5-17H,1-4H3,(H,31,33). The molecule has 0 saturated carbocycles. The van der Waals surface area contributed by atoms with Gasteiger partial charge < -0.3 is 5.32 Å². The van der Waals surface area contributed by atoms with E-state index in [0.717, 1.165) is 55.3 Å². The van der Waals surface area contributed by atoms with Gasteiger partial charge in [-0.2, -0.15) is 0 Å². The summed E-state index contributed by atoms with van der Waals surface area (Å²) in [6.45, 7) is 8.18. The SMILES string of the molecule is Cc1ccc(-c2nc3c(C)cc(C)cc3c(C(=O)Nc3cccc4ccccc34)c2C)cc1. The number of nitrogens with zero attached hydrogens (tertiary/aromatic N) is 1. The summed E-state index contributed by atoms with van der Waals surface area (Å²) in [6.07, 6.45) is 0. The summed E-state index contributed by atoms with van der Waals surface area (Å²) in [5, 5.41) is 6.20. The number of carbonyl (C=O) groups excluding carboxylic acids is 1. The minimum Gasteiger partial charge on any atom is -0.321 e. The number of amides is 1. The molecule has 1 N–H and O–H groups in total. The number of rotatable bonds is 3. The molecule has 0 fully saturated rings. The van der Waals surface area contributed by atoms with E-state index in [1.165, 1.54) is 5.56 Å². The highest BCUT2D eigenvalue weighted by Gasteiger charge is 2.21. The maximum Gasteiger partial charge on any atom is 0.256 e. The van der Waals surface area contributed by atoms with Crippen LogP contribution in [-0.2, 0) is 0 Å². The lowest BCUT2D eigenvalue weighted by atomic mass is 9.94. The summed E-state index contributed by atoms with van der Waals surface area (Å²) in [4.78, 5) is 18.8. The summed E-state index contributed by atoms with van der Waals surface area (Å²) < 4.78 is 0. The largest absolute Gasteiger partial charge is 0.321 e. The molecule has 0 unspecified atom stereocenters. The van der Waals surface area contributed by atoms with Crippen LogP contribution < -0.4 is 5.32 Å². The van der Waals surface area contributed by atoms with Crippen molar-refractivity contribution in [3.8, 4) is 11.3 Å². The third-order valence-corrected chi connectivity index (χ3v) is 6.26. The third-order valence-electron chi connectivity index (χ3n) is 6.26. The number of fused-ring (bicyclic) bond motifs is 2. The second-order valence-corrected chi connectivity index (χ2v) is 8.79. The lowest BCUT2D eigenvalue weighted by Crippen LogP contribution is -2.16. The lowest BCUT2D eigenvalue weighted by molar-refractivity contribution is 0.102. The van der Waals surface area contributed by atoms with Crippen molar-refractivity contribution >= 4 is 33.3 Å². The van der Waals surface area contributed by atoms with Crippen LogP contribution in [0, 0.1) is 27.7 Å².